The predicted molar refractivity (Wildman–Crippen MR) is 119 cm³/mol. The molecule has 3 saturated heterocycles. The summed E-state index contributed by atoms with van der Waals surface area (Å²) in [6.07, 6.45) is 4.38. The van der Waals surface area contributed by atoms with Crippen LogP contribution in [0.3, 0.4) is 0 Å². The topological polar surface area (TPSA) is 34.2 Å². The number of methoxy groups -OCH3 is 2. The highest BCUT2D eigenvalue weighted by Gasteiger charge is 2.42. The second-order valence-corrected chi connectivity index (χ2v) is 8.12. The van der Waals surface area contributed by atoms with Crippen molar-refractivity contribution in [2.24, 2.45) is 0 Å². The van der Waals surface area contributed by atoms with Crippen molar-refractivity contribution in [2.75, 3.05) is 33.9 Å². The van der Waals surface area contributed by atoms with Gasteiger partial charge in [0.15, 0.2) is 0 Å². The molecule has 3 atom stereocenters. The molecule has 3 heterocycles. The maximum absolute atomic E-state index is 6.51. The highest BCUT2D eigenvalue weighted by molar-refractivity contribution is 5.40. The van der Waals surface area contributed by atoms with E-state index < -0.39 is 0 Å². The Morgan fingerprint density at radius 2 is 1.80 bits per heavy atom. The Kier molecular flexibility index (Phi) is 6.60. The van der Waals surface area contributed by atoms with Crippen LogP contribution < -0.4 is 14.2 Å². The molecule has 160 valence electrons. The molecule has 2 bridgehead atoms. The van der Waals surface area contributed by atoms with Crippen LogP contribution in [0.15, 0.2) is 61.2 Å². The van der Waals surface area contributed by atoms with E-state index in [4.69, 9.17) is 14.2 Å². The lowest BCUT2D eigenvalue weighted by Crippen LogP contribution is -2.59. The molecule has 0 aromatic heterocycles. The molecule has 0 saturated carbocycles. The molecule has 3 aliphatic rings. The molecule has 5 nitrogen and oxygen atoms in total. The van der Waals surface area contributed by atoms with Crippen LogP contribution in [0.1, 0.15) is 18.4 Å². The summed E-state index contributed by atoms with van der Waals surface area (Å²) in [5, 5.41) is 0. The Balaban J connectivity index is 1.58. The molecule has 0 radical (unpaired) electrons. The van der Waals surface area contributed by atoms with Gasteiger partial charge in [-0.2, -0.15) is 0 Å². The molecule has 5 heteroatoms. The zero-order valence-electron chi connectivity index (χ0n) is 18.0. The molecule has 3 fully saturated rings. The summed E-state index contributed by atoms with van der Waals surface area (Å²) in [6.45, 7) is 7.76. The van der Waals surface area contributed by atoms with Gasteiger partial charge in [0, 0.05) is 43.9 Å². The van der Waals surface area contributed by atoms with Gasteiger partial charge in [0.2, 0.25) is 0 Å². The summed E-state index contributed by atoms with van der Waals surface area (Å²) in [4.78, 5) is 5.14. The lowest BCUT2D eigenvalue weighted by Gasteiger charge is -2.45. The van der Waals surface area contributed by atoms with E-state index in [-0.39, 0.29) is 6.10 Å². The number of ether oxygens (including phenoxy) is 3. The van der Waals surface area contributed by atoms with E-state index in [2.05, 4.69) is 34.6 Å². The number of hydrogen-bond donors (Lipinski definition) is 0. The Morgan fingerprint density at radius 1 is 0.967 bits per heavy atom. The van der Waals surface area contributed by atoms with Gasteiger partial charge in [-0.25, -0.2) is 0 Å². The van der Waals surface area contributed by atoms with Crippen molar-refractivity contribution in [3.05, 3.63) is 66.7 Å². The third-order valence-electron chi connectivity index (χ3n) is 6.33. The summed E-state index contributed by atoms with van der Waals surface area (Å²) in [5.74, 6) is 2.64. The van der Waals surface area contributed by atoms with Gasteiger partial charge < -0.3 is 14.2 Å². The molecule has 0 aliphatic carbocycles. The van der Waals surface area contributed by atoms with Crippen molar-refractivity contribution in [3.8, 4) is 17.2 Å². The summed E-state index contributed by atoms with van der Waals surface area (Å²) in [6, 6.07) is 17.1. The third kappa shape index (κ3) is 4.47. The number of para-hydroxylation sites is 1. The number of piperazine rings is 1. The van der Waals surface area contributed by atoms with Gasteiger partial charge in [0.05, 0.1) is 20.3 Å². The second kappa shape index (κ2) is 9.54. The fourth-order valence-electron chi connectivity index (χ4n) is 4.79. The maximum Gasteiger partial charge on any atom is 0.127 e. The minimum absolute atomic E-state index is 0.163. The van der Waals surface area contributed by atoms with Crippen LogP contribution in [0, 0.1) is 0 Å². The first-order valence-corrected chi connectivity index (χ1v) is 10.7. The smallest absolute Gasteiger partial charge is 0.127 e. The zero-order valence-corrected chi connectivity index (χ0v) is 18.0. The normalized spacial score (nSPS) is 24.3. The largest absolute Gasteiger partial charge is 0.497 e. The molecule has 2 aromatic carbocycles. The van der Waals surface area contributed by atoms with E-state index in [9.17, 15) is 0 Å². The molecular weight excluding hydrogens is 376 g/mol. The Hall–Kier alpha value is -2.50. The van der Waals surface area contributed by atoms with Crippen LogP contribution in [0.5, 0.6) is 17.2 Å². The molecule has 0 amide bonds. The van der Waals surface area contributed by atoms with Gasteiger partial charge in [-0.15, -0.1) is 6.58 Å². The first-order valence-electron chi connectivity index (χ1n) is 10.7. The first-order chi connectivity index (χ1) is 14.7. The lowest BCUT2D eigenvalue weighted by molar-refractivity contribution is 0.00386. The Bertz CT molecular complexity index is 842. The molecule has 30 heavy (non-hydrogen) atoms. The van der Waals surface area contributed by atoms with Gasteiger partial charge in [0.25, 0.3) is 0 Å². The Labute approximate surface area is 179 Å². The summed E-state index contributed by atoms with van der Waals surface area (Å²) in [5.41, 5.74) is 1.18. The van der Waals surface area contributed by atoms with Crippen molar-refractivity contribution in [1.29, 1.82) is 0 Å². The standard InChI is InChI=1S/C25H32N2O3/c1-4-14-26-18-23-24(30-21-8-6-5-7-9-21)13-11-20(26)17-27(23)16-19-10-12-22(28-2)15-25(19)29-3/h4-10,12,15,20,23-24H,1,11,13-14,16-18H2,2-3H3/t20-,23+,24-/m0/s1. The van der Waals surface area contributed by atoms with E-state index >= 15 is 0 Å². The fraction of sp³-hybridized carbons (Fsp3) is 0.440. The molecule has 0 unspecified atom stereocenters. The number of fused-ring (bicyclic) bond motifs is 4. The predicted octanol–water partition coefficient (Wildman–Crippen LogP) is 3.99. The van der Waals surface area contributed by atoms with Gasteiger partial charge in [0.1, 0.15) is 23.4 Å². The number of nitrogens with zero attached hydrogens (tertiary/aromatic N) is 2. The van der Waals surface area contributed by atoms with Crippen LogP contribution in [0.25, 0.3) is 0 Å². The van der Waals surface area contributed by atoms with Crippen LogP contribution in [0.2, 0.25) is 0 Å². The van der Waals surface area contributed by atoms with Gasteiger partial charge >= 0.3 is 0 Å². The monoisotopic (exact) mass is 408 g/mol. The highest BCUT2D eigenvalue weighted by Crippen LogP contribution is 2.33. The summed E-state index contributed by atoms with van der Waals surface area (Å²) in [7, 11) is 3.40. The van der Waals surface area contributed by atoms with E-state index in [1.807, 2.05) is 36.4 Å². The zero-order chi connectivity index (χ0) is 20.9. The number of benzene rings is 2. The van der Waals surface area contributed by atoms with Crippen molar-refractivity contribution in [3.63, 3.8) is 0 Å². The van der Waals surface area contributed by atoms with Crippen molar-refractivity contribution in [2.45, 2.75) is 37.6 Å². The molecule has 0 N–H and O–H groups in total. The van der Waals surface area contributed by atoms with Crippen LogP contribution in [0.4, 0.5) is 0 Å². The SMILES string of the molecule is C=CCN1C[C@@H]2[C@@H](Oc3ccccc3)CC[C@H]1CN2Cc1ccc(OC)cc1OC. The van der Waals surface area contributed by atoms with Crippen molar-refractivity contribution < 1.29 is 14.2 Å². The molecule has 3 aliphatic heterocycles. The van der Waals surface area contributed by atoms with E-state index in [1.165, 1.54) is 5.56 Å². The summed E-state index contributed by atoms with van der Waals surface area (Å²) < 4.78 is 17.5. The third-order valence-corrected chi connectivity index (χ3v) is 6.33. The molecule has 0 spiro atoms. The maximum atomic E-state index is 6.51. The van der Waals surface area contributed by atoms with Crippen molar-refractivity contribution in [1.82, 2.24) is 9.80 Å². The highest BCUT2D eigenvalue weighted by atomic mass is 16.5. The van der Waals surface area contributed by atoms with Crippen molar-refractivity contribution >= 4 is 0 Å². The lowest BCUT2D eigenvalue weighted by atomic mass is 10.0. The van der Waals surface area contributed by atoms with Gasteiger partial charge in [-0.1, -0.05) is 30.3 Å². The average Bonchev–Trinajstić information content (AvgIpc) is 3.04. The molecule has 2 aromatic rings. The minimum atomic E-state index is 0.163. The first kappa shape index (κ1) is 20.8. The van der Waals surface area contributed by atoms with E-state index in [0.29, 0.717) is 12.1 Å². The van der Waals surface area contributed by atoms with E-state index in [1.54, 1.807) is 14.2 Å². The quantitative estimate of drug-likeness (QED) is 0.617. The second-order valence-electron chi connectivity index (χ2n) is 8.12. The minimum Gasteiger partial charge on any atom is -0.497 e. The Morgan fingerprint density at radius 3 is 2.53 bits per heavy atom. The van der Waals surface area contributed by atoms with Crippen LogP contribution in [-0.2, 0) is 6.54 Å². The average molecular weight is 409 g/mol. The van der Waals surface area contributed by atoms with E-state index in [0.717, 1.165) is 56.3 Å². The van der Waals surface area contributed by atoms with Gasteiger partial charge in [-0.3, -0.25) is 9.80 Å². The van der Waals surface area contributed by atoms with Crippen LogP contribution >= 0.6 is 0 Å². The fourth-order valence-corrected chi connectivity index (χ4v) is 4.79. The number of hydrogen-bond acceptors (Lipinski definition) is 5. The number of rotatable bonds is 8. The molecule has 5 rings (SSSR count). The van der Waals surface area contributed by atoms with Gasteiger partial charge in [-0.05, 0) is 31.0 Å². The molecular formula is C25H32N2O3. The van der Waals surface area contributed by atoms with Crippen LogP contribution in [-0.4, -0.2) is 61.8 Å². The summed E-state index contributed by atoms with van der Waals surface area (Å²) >= 11 is 0.